The fourth-order valence-electron chi connectivity index (χ4n) is 2.97. The highest BCUT2D eigenvalue weighted by Crippen LogP contribution is 2.26. The van der Waals surface area contributed by atoms with Crippen molar-refractivity contribution in [3.63, 3.8) is 0 Å². The van der Waals surface area contributed by atoms with Crippen molar-refractivity contribution in [3.8, 4) is 16.9 Å². The van der Waals surface area contributed by atoms with E-state index in [0.29, 0.717) is 11.7 Å². The van der Waals surface area contributed by atoms with Crippen molar-refractivity contribution in [3.05, 3.63) is 59.9 Å². The molecule has 2 rings (SSSR count). The lowest BCUT2D eigenvalue weighted by molar-refractivity contribution is 0.0566. The van der Waals surface area contributed by atoms with Gasteiger partial charge >= 0.3 is 0 Å². The van der Waals surface area contributed by atoms with Gasteiger partial charge in [0.15, 0.2) is 0 Å². The normalized spacial score (nSPS) is 12.6. The van der Waals surface area contributed by atoms with E-state index in [9.17, 15) is 9.50 Å². The highest BCUT2D eigenvalue weighted by molar-refractivity contribution is 5.67. The van der Waals surface area contributed by atoms with Gasteiger partial charge in [-0.25, -0.2) is 4.39 Å². The van der Waals surface area contributed by atoms with Crippen LogP contribution in [-0.4, -0.2) is 17.8 Å². The maximum atomic E-state index is 13.9. The molecule has 0 saturated carbocycles. The summed E-state index contributed by atoms with van der Waals surface area (Å²) in [5.41, 5.74) is 2.40. The Morgan fingerprint density at radius 3 is 2.56 bits per heavy atom. The Balaban J connectivity index is 1.74. The number of halogens is 1. The van der Waals surface area contributed by atoms with Gasteiger partial charge in [0.1, 0.15) is 11.6 Å². The number of allylic oxidation sites excluding steroid dienone is 1. The van der Waals surface area contributed by atoms with Crippen LogP contribution in [0.3, 0.4) is 0 Å². The van der Waals surface area contributed by atoms with Crippen molar-refractivity contribution in [2.45, 2.75) is 58.5 Å². The zero-order valence-electron chi connectivity index (χ0n) is 16.5. The Bertz CT molecular complexity index is 707. The van der Waals surface area contributed by atoms with Gasteiger partial charge in [-0.05, 0) is 55.9 Å². The number of hydrogen-bond donors (Lipinski definition) is 1. The van der Waals surface area contributed by atoms with Gasteiger partial charge in [0.25, 0.3) is 0 Å². The highest BCUT2D eigenvalue weighted by Gasteiger charge is 2.05. The van der Waals surface area contributed by atoms with Crippen molar-refractivity contribution < 1.29 is 14.2 Å². The summed E-state index contributed by atoms with van der Waals surface area (Å²) in [5, 5.41) is 9.31. The van der Waals surface area contributed by atoms with Gasteiger partial charge in [-0.2, -0.15) is 0 Å². The molecule has 0 radical (unpaired) electrons. The van der Waals surface area contributed by atoms with Gasteiger partial charge in [0.2, 0.25) is 0 Å². The molecule has 27 heavy (non-hydrogen) atoms. The molecule has 2 nitrogen and oxygen atoms in total. The molecule has 1 unspecified atom stereocenters. The van der Waals surface area contributed by atoms with E-state index >= 15 is 0 Å². The molecular weight excluding hydrogens is 339 g/mol. The van der Waals surface area contributed by atoms with Gasteiger partial charge in [-0.15, -0.1) is 0 Å². The third kappa shape index (κ3) is 7.56. The van der Waals surface area contributed by atoms with E-state index in [-0.39, 0.29) is 5.75 Å². The minimum atomic E-state index is -0.413. The van der Waals surface area contributed by atoms with Gasteiger partial charge in [-0.3, -0.25) is 0 Å². The van der Waals surface area contributed by atoms with E-state index in [1.165, 1.54) is 18.9 Å². The number of aromatic hydroxyl groups is 1. The summed E-state index contributed by atoms with van der Waals surface area (Å²) in [6, 6.07) is 12.0. The van der Waals surface area contributed by atoms with Crippen LogP contribution in [0, 0.1) is 5.82 Å². The second kappa shape index (κ2) is 11.6. The molecule has 0 saturated heterocycles. The summed E-state index contributed by atoms with van der Waals surface area (Å²) in [6.07, 6.45) is 11.5. The molecule has 0 heterocycles. The first-order valence-electron chi connectivity index (χ1n) is 9.97. The van der Waals surface area contributed by atoms with Crippen molar-refractivity contribution in [2.24, 2.45) is 0 Å². The lowest BCUT2D eigenvalue weighted by atomic mass is 10.0. The van der Waals surface area contributed by atoms with Gasteiger partial charge < -0.3 is 9.84 Å². The standard InChI is InChI=1S/C24H31FO2/c1-3-4-8-17-27-19(2)9-6-5-7-10-20-11-13-21(14-12-20)23-16-15-22(26)18-24(23)25/h7,10-16,18-19,26H,3-6,8-9,17H2,1-2H3/b10-7+. The predicted octanol–water partition coefficient (Wildman–Crippen LogP) is 6.98. The van der Waals surface area contributed by atoms with Crippen LogP contribution in [0.15, 0.2) is 48.5 Å². The van der Waals surface area contributed by atoms with E-state index in [2.05, 4.69) is 26.0 Å². The molecular formula is C24H31FO2. The third-order valence-corrected chi connectivity index (χ3v) is 4.62. The number of hydrogen-bond acceptors (Lipinski definition) is 2. The molecule has 2 aromatic carbocycles. The Kier molecular flexibility index (Phi) is 9.06. The minimum absolute atomic E-state index is 0.0588. The third-order valence-electron chi connectivity index (χ3n) is 4.62. The summed E-state index contributed by atoms with van der Waals surface area (Å²) in [6.45, 7) is 5.23. The SMILES string of the molecule is CCCCCOC(C)CCC/C=C/c1ccc(-c2ccc(O)cc2F)cc1. The van der Waals surface area contributed by atoms with Gasteiger partial charge in [0.05, 0.1) is 6.10 Å². The van der Waals surface area contributed by atoms with Crippen LogP contribution in [0.1, 0.15) is 57.9 Å². The smallest absolute Gasteiger partial charge is 0.134 e. The molecule has 0 fully saturated rings. The molecule has 3 heteroatoms. The summed E-state index contributed by atoms with van der Waals surface area (Å²) < 4.78 is 19.7. The fourth-order valence-corrected chi connectivity index (χ4v) is 2.97. The topological polar surface area (TPSA) is 29.5 Å². The van der Waals surface area contributed by atoms with Gasteiger partial charge in [-0.1, -0.05) is 56.2 Å². The Labute approximate surface area is 162 Å². The largest absolute Gasteiger partial charge is 0.508 e. The Hall–Kier alpha value is -2.13. The minimum Gasteiger partial charge on any atom is -0.508 e. The molecule has 0 bridgehead atoms. The van der Waals surface area contributed by atoms with Crippen LogP contribution in [0.4, 0.5) is 4.39 Å². The maximum Gasteiger partial charge on any atom is 0.134 e. The summed E-state index contributed by atoms with van der Waals surface area (Å²) in [5.74, 6) is -0.471. The number of ether oxygens (including phenoxy) is 1. The number of benzene rings is 2. The van der Waals surface area contributed by atoms with Crippen molar-refractivity contribution >= 4 is 6.08 Å². The van der Waals surface area contributed by atoms with Crippen LogP contribution in [-0.2, 0) is 4.74 Å². The molecule has 146 valence electrons. The first kappa shape index (κ1) is 21.2. The number of phenols is 1. The van der Waals surface area contributed by atoms with E-state index in [4.69, 9.17) is 4.74 Å². The first-order chi connectivity index (χ1) is 13.1. The number of phenolic OH excluding ortho intramolecular Hbond substituents is 1. The quantitative estimate of drug-likeness (QED) is 0.432. The van der Waals surface area contributed by atoms with Crippen LogP contribution >= 0.6 is 0 Å². The molecule has 0 aliphatic carbocycles. The molecule has 0 aliphatic rings. The van der Waals surface area contributed by atoms with Crippen LogP contribution in [0.2, 0.25) is 0 Å². The Morgan fingerprint density at radius 1 is 1.07 bits per heavy atom. The predicted molar refractivity (Wildman–Crippen MR) is 111 cm³/mol. The van der Waals surface area contributed by atoms with E-state index in [1.54, 1.807) is 6.07 Å². The lowest BCUT2D eigenvalue weighted by Crippen LogP contribution is -2.08. The average molecular weight is 371 g/mol. The van der Waals surface area contributed by atoms with Crippen LogP contribution in [0.5, 0.6) is 5.75 Å². The van der Waals surface area contributed by atoms with Crippen LogP contribution < -0.4 is 0 Å². The zero-order chi connectivity index (χ0) is 19.5. The zero-order valence-corrected chi connectivity index (χ0v) is 16.5. The van der Waals surface area contributed by atoms with Crippen molar-refractivity contribution in [1.29, 1.82) is 0 Å². The molecule has 0 aromatic heterocycles. The average Bonchev–Trinajstić information content (AvgIpc) is 2.66. The van der Waals surface area contributed by atoms with E-state index in [1.807, 2.05) is 24.3 Å². The summed E-state index contributed by atoms with van der Waals surface area (Å²) in [7, 11) is 0. The van der Waals surface area contributed by atoms with E-state index < -0.39 is 5.82 Å². The molecule has 1 N–H and O–H groups in total. The molecule has 0 spiro atoms. The Morgan fingerprint density at radius 2 is 1.85 bits per heavy atom. The monoisotopic (exact) mass is 370 g/mol. The second-order valence-electron chi connectivity index (χ2n) is 7.01. The maximum absolute atomic E-state index is 13.9. The lowest BCUT2D eigenvalue weighted by Gasteiger charge is -2.12. The molecule has 0 aliphatic heterocycles. The molecule has 1 atom stereocenters. The van der Waals surface area contributed by atoms with Crippen molar-refractivity contribution in [2.75, 3.05) is 6.61 Å². The number of rotatable bonds is 11. The summed E-state index contributed by atoms with van der Waals surface area (Å²) in [4.78, 5) is 0. The molecule has 0 amide bonds. The van der Waals surface area contributed by atoms with Crippen LogP contribution in [0.25, 0.3) is 17.2 Å². The summed E-state index contributed by atoms with van der Waals surface area (Å²) >= 11 is 0. The first-order valence-corrected chi connectivity index (χ1v) is 9.97. The molecule has 2 aromatic rings. The van der Waals surface area contributed by atoms with E-state index in [0.717, 1.165) is 49.5 Å². The second-order valence-corrected chi connectivity index (χ2v) is 7.01. The highest BCUT2D eigenvalue weighted by atomic mass is 19.1. The fraction of sp³-hybridized carbons (Fsp3) is 0.417. The van der Waals surface area contributed by atoms with Crippen molar-refractivity contribution in [1.82, 2.24) is 0 Å². The number of unbranched alkanes of at least 4 members (excludes halogenated alkanes) is 3. The van der Waals surface area contributed by atoms with Gasteiger partial charge in [0, 0.05) is 18.2 Å².